The molecule has 1 aromatic heterocycles. The van der Waals surface area contributed by atoms with Crippen LogP contribution < -0.4 is 9.62 Å². The summed E-state index contributed by atoms with van der Waals surface area (Å²) in [6, 6.07) is 12.7. The lowest BCUT2D eigenvalue weighted by Crippen LogP contribution is -2.27. The summed E-state index contributed by atoms with van der Waals surface area (Å²) >= 11 is 0. The molecule has 1 aliphatic heterocycles. The standard InChI is InChI=1S/C20H19N3O3S/c1-13-5-7-17(16-4-3-10-21-19(13)16)22-20(24)15-6-8-18-14(12-15)9-11-23(18)27(2,25)26/h3-8,10,12H,9,11H2,1-2H3,(H,22,24). The third kappa shape index (κ3) is 3.14. The van der Waals surface area contributed by atoms with Crippen molar-refractivity contribution in [3.8, 4) is 0 Å². The summed E-state index contributed by atoms with van der Waals surface area (Å²) in [5, 5.41) is 3.83. The summed E-state index contributed by atoms with van der Waals surface area (Å²) < 4.78 is 25.1. The number of nitrogens with one attached hydrogen (secondary N) is 1. The van der Waals surface area contributed by atoms with Crippen LogP contribution in [-0.4, -0.2) is 32.1 Å². The molecule has 1 aliphatic rings. The van der Waals surface area contributed by atoms with Gasteiger partial charge in [0.2, 0.25) is 10.0 Å². The first kappa shape index (κ1) is 17.5. The summed E-state index contributed by atoms with van der Waals surface area (Å²) in [6.45, 7) is 2.39. The number of anilines is 2. The molecular formula is C20H19N3O3S. The topological polar surface area (TPSA) is 79.4 Å². The number of rotatable bonds is 3. The summed E-state index contributed by atoms with van der Waals surface area (Å²) in [5.74, 6) is -0.232. The van der Waals surface area contributed by atoms with Gasteiger partial charge in [0.25, 0.3) is 5.91 Å². The fourth-order valence-corrected chi connectivity index (χ4v) is 4.43. The number of hydrogen-bond donors (Lipinski definition) is 1. The van der Waals surface area contributed by atoms with E-state index in [-0.39, 0.29) is 5.91 Å². The molecule has 2 aromatic carbocycles. The van der Waals surface area contributed by atoms with E-state index >= 15 is 0 Å². The number of sulfonamides is 1. The largest absolute Gasteiger partial charge is 0.321 e. The van der Waals surface area contributed by atoms with Gasteiger partial charge in [0.05, 0.1) is 23.1 Å². The average Bonchev–Trinajstić information content (AvgIpc) is 3.08. The van der Waals surface area contributed by atoms with Gasteiger partial charge in [-0.05, 0) is 60.9 Å². The number of nitrogens with zero attached hydrogens (tertiary/aromatic N) is 2. The van der Waals surface area contributed by atoms with E-state index in [4.69, 9.17) is 0 Å². The minimum atomic E-state index is -3.30. The van der Waals surface area contributed by atoms with E-state index in [9.17, 15) is 13.2 Å². The number of amides is 1. The molecule has 0 atom stereocenters. The molecule has 0 fully saturated rings. The summed E-state index contributed by atoms with van der Waals surface area (Å²) in [5.41, 5.74) is 4.62. The number of benzene rings is 2. The second-order valence-electron chi connectivity index (χ2n) is 6.71. The van der Waals surface area contributed by atoms with Crippen LogP contribution in [0.5, 0.6) is 0 Å². The fourth-order valence-electron chi connectivity index (χ4n) is 3.47. The zero-order valence-electron chi connectivity index (χ0n) is 15.1. The first-order valence-electron chi connectivity index (χ1n) is 8.61. The van der Waals surface area contributed by atoms with Gasteiger partial charge in [-0.25, -0.2) is 8.42 Å². The molecular weight excluding hydrogens is 362 g/mol. The monoisotopic (exact) mass is 381 g/mol. The third-order valence-corrected chi connectivity index (χ3v) is 5.99. The van der Waals surface area contributed by atoms with Crippen LogP contribution in [0.2, 0.25) is 0 Å². The van der Waals surface area contributed by atoms with Crippen molar-refractivity contribution in [3.63, 3.8) is 0 Å². The minimum absolute atomic E-state index is 0.232. The van der Waals surface area contributed by atoms with Crippen molar-refractivity contribution in [2.45, 2.75) is 13.3 Å². The number of carbonyl (C=O) groups excluding carboxylic acids is 1. The van der Waals surface area contributed by atoms with E-state index in [1.54, 1.807) is 24.4 Å². The molecule has 138 valence electrons. The molecule has 1 amide bonds. The van der Waals surface area contributed by atoms with Crippen LogP contribution in [0.3, 0.4) is 0 Å². The van der Waals surface area contributed by atoms with Crippen molar-refractivity contribution in [1.82, 2.24) is 4.98 Å². The minimum Gasteiger partial charge on any atom is -0.321 e. The zero-order valence-corrected chi connectivity index (χ0v) is 15.9. The predicted octanol–water partition coefficient (Wildman–Crippen LogP) is 3.12. The zero-order chi connectivity index (χ0) is 19.2. The second kappa shape index (κ2) is 6.35. The lowest BCUT2D eigenvalue weighted by Gasteiger charge is -2.16. The van der Waals surface area contributed by atoms with Crippen LogP contribution in [0.1, 0.15) is 21.5 Å². The van der Waals surface area contributed by atoms with Crippen LogP contribution in [0.4, 0.5) is 11.4 Å². The average molecular weight is 381 g/mol. The van der Waals surface area contributed by atoms with E-state index in [0.29, 0.717) is 29.9 Å². The molecule has 0 saturated heterocycles. The maximum absolute atomic E-state index is 12.8. The summed E-state index contributed by atoms with van der Waals surface area (Å²) in [6.07, 6.45) is 3.52. The van der Waals surface area contributed by atoms with Gasteiger partial charge in [-0.2, -0.15) is 0 Å². The van der Waals surface area contributed by atoms with Gasteiger partial charge < -0.3 is 5.32 Å². The molecule has 0 aliphatic carbocycles. The van der Waals surface area contributed by atoms with Crippen molar-refractivity contribution in [2.75, 3.05) is 22.4 Å². The summed E-state index contributed by atoms with van der Waals surface area (Å²) in [4.78, 5) is 17.1. The molecule has 6 nitrogen and oxygen atoms in total. The van der Waals surface area contributed by atoms with Crippen molar-refractivity contribution >= 4 is 38.2 Å². The molecule has 0 radical (unpaired) electrons. The number of aromatic nitrogens is 1. The number of carbonyl (C=O) groups is 1. The van der Waals surface area contributed by atoms with E-state index in [2.05, 4.69) is 10.3 Å². The molecule has 0 saturated carbocycles. The van der Waals surface area contributed by atoms with Crippen LogP contribution >= 0.6 is 0 Å². The van der Waals surface area contributed by atoms with Crippen molar-refractivity contribution in [1.29, 1.82) is 0 Å². The van der Waals surface area contributed by atoms with Gasteiger partial charge in [-0.3, -0.25) is 14.1 Å². The van der Waals surface area contributed by atoms with Crippen LogP contribution in [0, 0.1) is 6.92 Å². The van der Waals surface area contributed by atoms with Crippen molar-refractivity contribution < 1.29 is 13.2 Å². The molecule has 3 aromatic rings. The first-order valence-corrected chi connectivity index (χ1v) is 10.5. The maximum Gasteiger partial charge on any atom is 0.255 e. The Kier molecular flexibility index (Phi) is 4.11. The molecule has 4 rings (SSSR count). The highest BCUT2D eigenvalue weighted by molar-refractivity contribution is 7.92. The Morgan fingerprint density at radius 2 is 2.00 bits per heavy atom. The van der Waals surface area contributed by atoms with E-state index in [1.165, 1.54) is 10.6 Å². The van der Waals surface area contributed by atoms with Crippen LogP contribution in [0.25, 0.3) is 10.9 Å². The Morgan fingerprint density at radius 1 is 1.19 bits per heavy atom. The van der Waals surface area contributed by atoms with Crippen molar-refractivity contribution in [2.24, 2.45) is 0 Å². The molecule has 27 heavy (non-hydrogen) atoms. The van der Waals surface area contributed by atoms with Crippen LogP contribution in [0.15, 0.2) is 48.7 Å². The van der Waals surface area contributed by atoms with E-state index in [0.717, 1.165) is 22.0 Å². The third-order valence-electron chi connectivity index (χ3n) is 4.81. The first-order chi connectivity index (χ1) is 12.8. The highest BCUT2D eigenvalue weighted by Crippen LogP contribution is 2.31. The maximum atomic E-state index is 12.8. The highest BCUT2D eigenvalue weighted by Gasteiger charge is 2.26. The molecule has 1 N–H and O–H groups in total. The Hall–Kier alpha value is -2.93. The van der Waals surface area contributed by atoms with Crippen LogP contribution in [-0.2, 0) is 16.4 Å². The number of fused-ring (bicyclic) bond motifs is 2. The smallest absolute Gasteiger partial charge is 0.255 e. The molecule has 0 unspecified atom stereocenters. The van der Waals surface area contributed by atoms with Gasteiger partial charge in [-0.15, -0.1) is 0 Å². The molecule has 2 heterocycles. The van der Waals surface area contributed by atoms with Crippen molar-refractivity contribution in [3.05, 3.63) is 65.4 Å². The normalized spacial score (nSPS) is 13.6. The highest BCUT2D eigenvalue weighted by atomic mass is 32.2. The SMILES string of the molecule is Cc1ccc(NC(=O)c2ccc3c(c2)CCN3S(C)(=O)=O)c2cccnc12. The number of aryl methyl sites for hydroxylation is 1. The number of pyridine rings is 1. The number of hydrogen-bond acceptors (Lipinski definition) is 4. The van der Waals surface area contributed by atoms with Gasteiger partial charge in [0.1, 0.15) is 0 Å². The van der Waals surface area contributed by atoms with E-state index in [1.807, 2.05) is 31.2 Å². The Bertz CT molecular complexity index is 1170. The fraction of sp³-hybridized carbons (Fsp3) is 0.200. The quantitative estimate of drug-likeness (QED) is 0.756. The Balaban J connectivity index is 1.65. The molecule has 0 spiro atoms. The lowest BCUT2D eigenvalue weighted by molar-refractivity contribution is 0.102. The van der Waals surface area contributed by atoms with Gasteiger partial charge in [0.15, 0.2) is 0 Å². The molecule has 0 bridgehead atoms. The predicted molar refractivity (Wildman–Crippen MR) is 107 cm³/mol. The molecule has 7 heteroatoms. The van der Waals surface area contributed by atoms with Gasteiger partial charge in [0, 0.05) is 23.7 Å². The Morgan fingerprint density at radius 3 is 2.78 bits per heavy atom. The van der Waals surface area contributed by atoms with Gasteiger partial charge in [-0.1, -0.05) is 6.07 Å². The van der Waals surface area contributed by atoms with E-state index < -0.39 is 10.0 Å². The Labute approximate surface area is 157 Å². The second-order valence-corrected chi connectivity index (χ2v) is 8.62. The summed E-state index contributed by atoms with van der Waals surface area (Å²) in [7, 11) is -3.30. The van der Waals surface area contributed by atoms with Gasteiger partial charge >= 0.3 is 0 Å². The lowest BCUT2D eigenvalue weighted by atomic mass is 10.1.